The SMILES string of the molecule is c1ncn(C2CCNCC2)c1C1CCC1. The van der Waals surface area contributed by atoms with Crippen LogP contribution in [0.25, 0.3) is 0 Å². The van der Waals surface area contributed by atoms with Gasteiger partial charge in [0.25, 0.3) is 0 Å². The maximum Gasteiger partial charge on any atom is 0.0950 e. The van der Waals surface area contributed by atoms with Crippen LogP contribution in [0.15, 0.2) is 12.5 Å². The van der Waals surface area contributed by atoms with E-state index in [1.807, 2.05) is 6.33 Å². The molecule has 2 aliphatic rings. The van der Waals surface area contributed by atoms with Crippen LogP contribution in [0.4, 0.5) is 0 Å². The van der Waals surface area contributed by atoms with Gasteiger partial charge in [0.2, 0.25) is 0 Å². The Kier molecular flexibility index (Phi) is 2.49. The van der Waals surface area contributed by atoms with E-state index in [2.05, 4.69) is 21.1 Å². The number of hydrogen-bond donors (Lipinski definition) is 1. The van der Waals surface area contributed by atoms with Gasteiger partial charge in [-0.2, -0.15) is 0 Å². The van der Waals surface area contributed by atoms with Gasteiger partial charge >= 0.3 is 0 Å². The second kappa shape index (κ2) is 3.97. The molecule has 1 saturated carbocycles. The van der Waals surface area contributed by atoms with Crippen molar-refractivity contribution in [3.63, 3.8) is 0 Å². The fourth-order valence-corrected chi connectivity index (χ4v) is 2.73. The summed E-state index contributed by atoms with van der Waals surface area (Å²) in [5.74, 6) is 0.808. The molecule has 1 aliphatic carbocycles. The Morgan fingerprint density at radius 3 is 2.67 bits per heavy atom. The second-order valence-corrected chi connectivity index (χ2v) is 4.83. The lowest BCUT2D eigenvalue weighted by molar-refractivity contribution is 0.331. The molecule has 2 heterocycles. The highest BCUT2D eigenvalue weighted by atomic mass is 15.1. The van der Waals surface area contributed by atoms with Gasteiger partial charge in [0.05, 0.1) is 6.33 Å². The third-order valence-electron chi connectivity index (χ3n) is 3.92. The van der Waals surface area contributed by atoms with Crippen LogP contribution in [0.1, 0.15) is 49.8 Å². The van der Waals surface area contributed by atoms with Crippen molar-refractivity contribution in [2.75, 3.05) is 13.1 Å². The molecule has 3 rings (SSSR count). The van der Waals surface area contributed by atoms with E-state index in [1.54, 1.807) is 0 Å². The first kappa shape index (κ1) is 9.40. The van der Waals surface area contributed by atoms with E-state index in [1.165, 1.54) is 37.8 Å². The molecular weight excluding hydrogens is 186 g/mol. The van der Waals surface area contributed by atoms with Gasteiger partial charge in [-0.3, -0.25) is 0 Å². The number of piperidine rings is 1. The molecule has 0 unspecified atom stereocenters. The van der Waals surface area contributed by atoms with E-state index >= 15 is 0 Å². The highest BCUT2D eigenvalue weighted by Crippen LogP contribution is 2.37. The summed E-state index contributed by atoms with van der Waals surface area (Å²) in [5, 5.41) is 3.42. The molecule has 3 nitrogen and oxygen atoms in total. The Labute approximate surface area is 90.9 Å². The minimum absolute atomic E-state index is 0.698. The van der Waals surface area contributed by atoms with E-state index < -0.39 is 0 Å². The van der Waals surface area contributed by atoms with Gasteiger partial charge in [-0.15, -0.1) is 0 Å². The van der Waals surface area contributed by atoms with Crippen molar-refractivity contribution in [1.29, 1.82) is 0 Å². The topological polar surface area (TPSA) is 29.9 Å². The van der Waals surface area contributed by atoms with Gasteiger partial charge in [0, 0.05) is 23.9 Å². The van der Waals surface area contributed by atoms with Crippen LogP contribution in [0.2, 0.25) is 0 Å². The minimum Gasteiger partial charge on any atom is -0.331 e. The molecule has 1 aromatic rings. The monoisotopic (exact) mass is 205 g/mol. The summed E-state index contributed by atoms with van der Waals surface area (Å²) in [6, 6.07) is 0.698. The summed E-state index contributed by atoms with van der Waals surface area (Å²) >= 11 is 0. The Hall–Kier alpha value is -0.830. The third kappa shape index (κ3) is 1.69. The number of imidazole rings is 1. The number of nitrogens with zero attached hydrogens (tertiary/aromatic N) is 2. The summed E-state index contributed by atoms with van der Waals surface area (Å²) in [5.41, 5.74) is 1.49. The van der Waals surface area contributed by atoms with Crippen molar-refractivity contribution in [3.8, 4) is 0 Å². The molecule has 0 spiro atoms. The Morgan fingerprint density at radius 1 is 1.20 bits per heavy atom. The molecule has 0 atom stereocenters. The zero-order valence-corrected chi connectivity index (χ0v) is 9.15. The predicted octanol–water partition coefficient (Wildman–Crippen LogP) is 2.08. The van der Waals surface area contributed by atoms with Gasteiger partial charge in [-0.25, -0.2) is 4.98 Å². The standard InChI is InChI=1S/C12H19N3/c1-2-10(3-1)12-8-14-9-15(12)11-4-6-13-7-5-11/h8-11,13H,1-7H2. The molecule has 0 bridgehead atoms. The van der Waals surface area contributed by atoms with Gasteiger partial charge in [0.15, 0.2) is 0 Å². The van der Waals surface area contributed by atoms with E-state index in [4.69, 9.17) is 0 Å². The molecular formula is C12H19N3. The highest BCUT2D eigenvalue weighted by Gasteiger charge is 2.25. The molecule has 0 radical (unpaired) electrons. The van der Waals surface area contributed by atoms with E-state index in [0.717, 1.165) is 19.0 Å². The van der Waals surface area contributed by atoms with Crippen molar-refractivity contribution in [2.24, 2.45) is 0 Å². The molecule has 1 saturated heterocycles. The first-order valence-electron chi connectivity index (χ1n) is 6.17. The summed E-state index contributed by atoms with van der Waals surface area (Å²) in [4.78, 5) is 4.34. The Morgan fingerprint density at radius 2 is 2.00 bits per heavy atom. The summed E-state index contributed by atoms with van der Waals surface area (Å²) in [6.07, 6.45) is 10.8. The van der Waals surface area contributed by atoms with Crippen molar-refractivity contribution in [3.05, 3.63) is 18.2 Å². The fourth-order valence-electron chi connectivity index (χ4n) is 2.73. The largest absolute Gasteiger partial charge is 0.331 e. The van der Waals surface area contributed by atoms with Crippen LogP contribution in [0.3, 0.4) is 0 Å². The number of rotatable bonds is 2. The minimum atomic E-state index is 0.698. The van der Waals surface area contributed by atoms with Crippen LogP contribution in [-0.2, 0) is 0 Å². The smallest absolute Gasteiger partial charge is 0.0950 e. The van der Waals surface area contributed by atoms with Crippen LogP contribution in [-0.4, -0.2) is 22.6 Å². The van der Waals surface area contributed by atoms with E-state index in [9.17, 15) is 0 Å². The molecule has 2 fully saturated rings. The maximum atomic E-state index is 4.34. The first-order chi connectivity index (χ1) is 7.45. The van der Waals surface area contributed by atoms with Crippen LogP contribution in [0, 0.1) is 0 Å². The average Bonchev–Trinajstić information content (AvgIpc) is 2.65. The predicted molar refractivity (Wildman–Crippen MR) is 60.0 cm³/mol. The highest BCUT2D eigenvalue weighted by molar-refractivity contribution is 5.11. The maximum absolute atomic E-state index is 4.34. The van der Waals surface area contributed by atoms with Gasteiger partial charge in [0.1, 0.15) is 0 Å². The Balaban J connectivity index is 1.80. The summed E-state index contributed by atoms with van der Waals surface area (Å²) < 4.78 is 2.45. The molecule has 82 valence electrons. The zero-order chi connectivity index (χ0) is 10.1. The number of hydrogen-bond acceptors (Lipinski definition) is 2. The molecule has 15 heavy (non-hydrogen) atoms. The molecule has 0 amide bonds. The van der Waals surface area contributed by atoms with Crippen LogP contribution < -0.4 is 5.32 Å². The lowest BCUT2D eigenvalue weighted by Gasteiger charge is -2.31. The lowest BCUT2D eigenvalue weighted by atomic mass is 9.83. The summed E-state index contributed by atoms with van der Waals surface area (Å²) in [6.45, 7) is 2.32. The first-order valence-corrected chi connectivity index (χ1v) is 6.17. The molecule has 3 heteroatoms. The van der Waals surface area contributed by atoms with E-state index in [0.29, 0.717) is 6.04 Å². The van der Waals surface area contributed by atoms with Crippen molar-refractivity contribution in [1.82, 2.24) is 14.9 Å². The molecule has 1 N–H and O–H groups in total. The molecule has 1 aromatic heterocycles. The van der Waals surface area contributed by atoms with Crippen LogP contribution in [0.5, 0.6) is 0 Å². The fraction of sp³-hybridized carbons (Fsp3) is 0.750. The van der Waals surface area contributed by atoms with Crippen molar-refractivity contribution >= 4 is 0 Å². The molecule has 0 aromatic carbocycles. The zero-order valence-electron chi connectivity index (χ0n) is 9.15. The van der Waals surface area contributed by atoms with E-state index in [-0.39, 0.29) is 0 Å². The van der Waals surface area contributed by atoms with Crippen molar-refractivity contribution < 1.29 is 0 Å². The summed E-state index contributed by atoms with van der Waals surface area (Å²) in [7, 11) is 0. The molecule has 1 aliphatic heterocycles. The van der Waals surface area contributed by atoms with Crippen LogP contribution >= 0.6 is 0 Å². The second-order valence-electron chi connectivity index (χ2n) is 4.83. The van der Waals surface area contributed by atoms with Crippen molar-refractivity contribution in [2.45, 2.75) is 44.1 Å². The number of aromatic nitrogens is 2. The number of nitrogens with one attached hydrogen (secondary N) is 1. The average molecular weight is 205 g/mol. The van der Waals surface area contributed by atoms with Gasteiger partial charge in [-0.05, 0) is 38.8 Å². The Bertz CT molecular complexity index is 321. The van der Waals surface area contributed by atoms with Gasteiger partial charge < -0.3 is 9.88 Å². The lowest BCUT2D eigenvalue weighted by Crippen LogP contribution is -2.30. The quantitative estimate of drug-likeness (QED) is 0.801. The third-order valence-corrected chi connectivity index (χ3v) is 3.92. The van der Waals surface area contributed by atoms with Gasteiger partial charge in [-0.1, -0.05) is 6.42 Å². The normalized spacial score (nSPS) is 24.0.